The van der Waals surface area contributed by atoms with E-state index >= 15 is 0 Å². The maximum Gasteiger partial charge on any atom is 0.240 e. The van der Waals surface area contributed by atoms with Crippen LogP contribution in [0.15, 0.2) is 33.7 Å². The molecule has 20 heavy (non-hydrogen) atoms. The van der Waals surface area contributed by atoms with Gasteiger partial charge < -0.3 is 10.3 Å². The monoisotopic (exact) mass is 296 g/mol. The molecule has 0 aliphatic rings. The number of nitrogens with zero attached hydrogens (tertiary/aromatic N) is 2. The lowest BCUT2D eigenvalue weighted by molar-refractivity contribution is 0.387. The van der Waals surface area contributed by atoms with Crippen molar-refractivity contribution in [3.8, 4) is 0 Å². The van der Waals surface area contributed by atoms with Gasteiger partial charge in [-0.2, -0.15) is 4.98 Å². The van der Waals surface area contributed by atoms with Crippen LogP contribution < -0.4 is 10.5 Å². The topological polar surface area (TPSA) is 111 Å². The smallest absolute Gasteiger partial charge is 0.240 e. The van der Waals surface area contributed by atoms with E-state index in [1.54, 1.807) is 25.1 Å². The Kier molecular flexibility index (Phi) is 4.48. The summed E-state index contributed by atoms with van der Waals surface area (Å²) in [4.78, 5) is 4.20. The number of nitrogens with one attached hydrogen (secondary N) is 1. The highest BCUT2D eigenvalue weighted by atomic mass is 32.2. The van der Waals surface area contributed by atoms with Gasteiger partial charge in [-0.1, -0.05) is 17.3 Å². The van der Waals surface area contributed by atoms with Gasteiger partial charge in [0.25, 0.3) is 0 Å². The summed E-state index contributed by atoms with van der Waals surface area (Å²) in [5.74, 6) is 0.930. The van der Waals surface area contributed by atoms with Crippen molar-refractivity contribution in [2.24, 2.45) is 5.73 Å². The number of aryl methyl sites for hydroxylation is 1. The minimum atomic E-state index is -3.55. The van der Waals surface area contributed by atoms with Crippen molar-refractivity contribution >= 4 is 10.0 Å². The van der Waals surface area contributed by atoms with Gasteiger partial charge in [-0.25, -0.2) is 13.1 Å². The molecule has 0 radical (unpaired) electrons. The number of hydrogen-bond donors (Lipinski definition) is 2. The molecule has 0 saturated heterocycles. The maximum absolute atomic E-state index is 12.1. The minimum Gasteiger partial charge on any atom is -0.340 e. The second-order valence-corrected chi connectivity index (χ2v) is 6.00. The van der Waals surface area contributed by atoms with Crippen LogP contribution in [0.1, 0.15) is 17.3 Å². The van der Waals surface area contributed by atoms with Crippen LogP contribution in [0, 0.1) is 6.92 Å². The van der Waals surface area contributed by atoms with Crippen molar-refractivity contribution in [2.45, 2.75) is 24.8 Å². The molecule has 1 aromatic carbocycles. The van der Waals surface area contributed by atoms with E-state index in [0.29, 0.717) is 24.7 Å². The standard InChI is InChI=1S/C12H16N4O3S/c1-9-15-12(16-19-9)5-6-14-20(17,18)11-4-2-3-10(7-11)8-13/h2-4,7,14H,5-6,8,13H2,1H3. The second-order valence-electron chi connectivity index (χ2n) is 4.23. The van der Waals surface area contributed by atoms with Crippen LogP contribution in [0.2, 0.25) is 0 Å². The van der Waals surface area contributed by atoms with E-state index in [1.165, 1.54) is 6.07 Å². The summed E-state index contributed by atoms with van der Waals surface area (Å²) < 4.78 is 31.5. The van der Waals surface area contributed by atoms with E-state index in [4.69, 9.17) is 10.3 Å². The maximum atomic E-state index is 12.1. The average molecular weight is 296 g/mol. The SMILES string of the molecule is Cc1nc(CCNS(=O)(=O)c2cccc(CN)c2)no1. The van der Waals surface area contributed by atoms with E-state index in [2.05, 4.69) is 14.9 Å². The first-order valence-corrected chi connectivity index (χ1v) is 7.57. The summed E-state index contributed by atoms with van der Waals surface area (Å²) in [6.45, 7) is 2.18. The Morgan fingerprint density at radius 3 is 2.85 bits per heavy atom. The Morgan fingerprint density at radius 1 is 1.40 bits per heavy atom. The highest BCUT2D eigenvalue weighted by molar-refractivity contribution is 7.89. The van der Waals surface area contributed by atoms with Crippen molar-refractivity contribution in [3.63, 3.8) is 0 Å². The third-order valence-corrected chi connectivity index (χ3v) is 4.11. The number of benzene rings is 1. The lowest BCUT2D eigenvalue weighted by Crippen LogP contribution is -2.26. The molecule has 0 spiro atoms. The molecule has 8 heteroatoms. The molecule has 0 aliphatic heterocycles. The zero-order chi connectivity index (χ0) is 14.6. The first kappa shape index (κ1) is 14.6. The van der Waals surface area contributed by atoms with Gasteiger partial charge in [0.05, 0.1) is 4.90 Å². The van der Waals surface area contributed by atoms with Crippen LogP contribution in [0.5, 0.6) is 0 Å². The first-order valence-electron chi connectivity index (χ1n) is 6.09. The molecular formula is C12H16N4O3S. The van der Waals surface area contributed by atoms with Crippen molar-refractivity contribution in [1.82, 2.24) is 14.9 Å². The predicted molar refractivity (Wildman–Crippen MR) is 72.3 cm³/mol. The third kappa shape index (κ3) is 3.62. The summed E-state index contributed by atoms with van der Waals surface area (Å²) in [5, 5.41) is 3.70. The van der Waals surface area contributed by atoms with Crippen molar-refractivity contribution in [3.05, 3.63) is 41.5 Å². The molecule has 0 atom stereocenters. The Labute approximate surface area is 117 Å². The van der Waals surface area contributed by atoms with Crippen LogP contribution >= 0.6 is 0 Å². The minimum absolute atomic E-state index is 0.199. The van der Waals surface area contributed by atoms with E-state index < -0.39 is 10.0 Å². The van der Waals surface area contributed by atoms with Gasteiger partial charge in [0.1, 0.15) is 0 Å². The van der Waals surface area contributed by atoms with Gasteiger partial charge in [0.2, 0.25) is 15.9 Å². The molecule has 0 amide bonds. The fourth-order valence-electron chi connectivity index (χ4n) is 1.66. The fraction of sp³-hybridized carbons (Fsp3) is 0.333. The third-order valence-electron chi connectivity index (χ3n) is 2.65. The Balaban J connectivity index is 2.00. The van der Waals surface area contributed by atoms with Crippen LogP contribution in [0.25, 0.3) is 0 Å². The summed E-state index contributed by atoms with van der Waals surface area (Å²) >= 11 is 0. The molecule has 7 nitrogen and oxygen atoms in total. The van der Waals surface area contributed by atoms with Gasteiger partial charge in [0, 0.05) is 26.4 Å². The fourth-order valence-corrected chi connectivity index (χ4v) is 2.76. The van der Waals surface area contributed by atoms with Crippen molar-refractivity contribution < 1.29 is 12.9 Å². The first-order chi connectivity index (χ1) is 9.51. The average Bonchev–Trinajstić information content (AvgIpc) is 2.84. The van der Waals surface area contributed by atoms with E-state index in [-0.39, 0.29) is 11.4 Å². The lowest BCUT2D eigenvalue weighted by atomic mass is 10.2. The predicted octanol–water partition coefficient (Wildman–Crippen LogP) is 0.358. The Bertz CT molecular complexity index is 682. The van der Waals surface area contributed by atoms with Crippen LogP contribution in [-0.4, -0.2) is 25.1 Å². The molecule has 0 saturated carbocycles. The van der Waals surface area contributed by atoms with E-state index in [1.807, 2.05) is 0 Å². The molecule has 1 heterocycles. The molecule has 2 aromatic rings. The molecular weight excluding hydrogens is 280 g/mol. The number of rotatable bonds is 6. The number of sulfonamides is 1. The van der Waals surface area contributed by atoms with Crippen molar-refractivity contribution in [1.29, 1.82) is 0 Å². The number of aromatic nitrogens is 2. The highest BCUT2D eigenvalue weighted by Crippen LogP contribution is 2.11. The van der Waals surface area contributed by atoms with E-state index in [0.717, 1.165) is 5.56 Å². The lowest BCUT2D eigenvalue weighted by Gasteiger charge is -2.06. The summed E-state index contributed by atoms with van der Waals surface area (Å²) in [5.41, 5.74) is 6.26. The number of nitrogens with two attached hydrogens (primary N) is 1. The van der Waals surface area contributed by atoms with E-state index in [9.17, 15) is 8.42 Å². The van der Waals surface area contributed by atoms with Crippen LogP contribution in [0.4, 0.5) is 0 Å². The van der Waals surface area contributed by atoms with Gasteiger partial charge in [0.15, 0.2) is 5.82 Å². The quantitative estimate of drug-likeness (QED) is 0.796. The molecule has 3 N–H and O–H groups in total. The molecule has 0 bridgehead atoms. The Morgan fingerprint density at radius 2 is 2.20 bits per heavy atom. The molecule has 0 fully saturated rings. The van der Waals surface area contributed by atoms with Crippen molar-refractivity contribution in [2.75, 3.05) is 6.54 Å². The normalized spacial score (nSPS) is 11.7. The van der Waals surface area contributed by atoms with Gasteiger partial charge in [-0.05, 0) is 17.7 Å². The van der Waals surface area contributed by atoms with Crippen LogP contribution in [-0.2, 0) is 23.0 Å². The Hall–Kier alpha value is -1.77. The second kappa shape index (κ2) is 6.12. The molecule has 0 aliphatic carbocycles. The zero-order valence-electron chi connectivity index (χ0n) is 11.0. The molecule has 0 unspecified atom stereocenters. The van der Waals surface area contributed by atoms with Gasteiger partial charge in [-0.15, -0.1) is 0 Å². The molecule has 1 aromatic heterocycles. The largest absolute Gasteiger partial charge is 0.340 e. The van der Waals surface area contributed by atoms with Crippen LogP contribution in [0.3, 0.4) is 0 Å². The molecule has 108 valence electrons. The van der Waals surface area contributed by atoms with Gasteiger partial charge in [-0.3, -0.25) is 0 Å². The number of hydrogen-bond acceptors (Lipinski definition) is 6. The summed E-state index contributed by atoms with van der Waals surface area (Å²) in [6.07, 6.45) is 0.368. The highest BCUT2D eigenvalue weighted by Gasteiger charge is 2.14. The summed E-state index contributed by atoms with van der Waals surface area (Å²) in [7, 11) is -3.55. The van der Waals surface area contributed by atoms with Gasteiger partial charge >= 0.3 is 0 Å². The summed E-state index contributed by atoms with van der Waals surface area (Å²) in [6, 6.07) is 6.53. The molecule has 2 rings (SSSR count). The zero-order valence-corrected chi connectivity index (χ0v) is 11.9.